The number of methoxy groups -OCH3 is 3. The highest BCUT2D eigenvalue weighted by Gasteiger charge is 2.34. The summed E-state index contributed by atoms with van der Waals surface area (Å²) in [7, 11) is 4.66. The molecule has 5 nitrogen and oxygen atoms in total. The van der Waals surface area contributed by atoms with E-state index >= 15 is 0 Å². The lowest BCUT2D eigenvalue weighted by molar-refractivity contribution is -0.113. The number of anilines is 1. The first-order chi connectivity index (χ1) is 13.4. The molecule has 1 fully saturated rings. The molecular weight excluding hydrogens is 394 g/mol. The van der Waals surface area contributed by atoms with Crippen molar-refractivity contribution in [3.8, 4) is 17.2 Å². The van der Waals surface area contributed by atoms with Gasteiger partial charge in [-0.05, 0) is 49.2 Å². The van der Waals surface area contributed by atoms with Crippen molar-refractivity contribution < 1.29 is 19.0 Å². The van der Waals surface area contributed by atoms with E-state index in [-0.39, 0.29) is 5.91 Å². The third-order valence-corrected chi connectivity index (χ3v) is 5.67. The van der Waals surface area contributed by atoms with Crippen LogP contribution in [0, 0.1) is 13.8 Å². The van der Waals surface area contributed by atoms with Gasteiger partial charge in [-0.15, -0.1) is 0 Å². The molecule has 28 heavy (non-hydrogen) atoms. The molecule has 0 aromatic heterocycles. The van der Waals surface area contributed by atoms with Gasteiger partial charge in [0, 0.05) is 0 Å². The highest BCUT2D eigenvalue weighted by atomic mass is 32.2. The Morgan fingerprint density at radius 3 is 2.18 bits per heavy atom. The molecule has 1 aliphatic rings. The molecule has 0 atom stereocenters. The number of benzene rings is 2. The molecule has 0 aliphatic carbocycles. The van der Waals surface area contributed by atoms with Crippen LogP contribution in [0.5, 0.6) is 17.2 Å². The number of thiocarbonyl (C=S) groups is 1. The summed E-state index contributed by atoms with van der Waals surface area (Å²) < 4.78 is 16.6. The van der Waals surface area contributed by atoms with Crippen molar-refractivity contribution in [2.45, 2.75) is 13.8 Å². The van der Waals surface area contributed by atoms with Crippen LogP contribution in [-0.2, 0) is 4.79 Å². The number of carbonyl (C=O) groups is 1. The maximum Gasteiger partial charge on any atom is 0.270 e. The number of aryl methyl sites for hydroxylation is 2. The van der Waals surface area contributed by atoms with E-state index in [1.165, 1.54) is 11.8 Å². The van der Waals surface area contributed by atoms with Crippen LogP contribution in [0.1, 0.15) is 16.7 Å². The molecule has 7 heteroatoms. The predicted octanol–water partition coefficient (Wildman–Crippen LogP) is 4.74. The second-order valence-corrected chi connectivity index (χ2v) is 7.94. The fraction of sp³-hybridized carbons (Fsp3) is 0.238. The summed E-state index contributed by atoms with van der Waals surface area (Å²) in [4.78, 5) is 15.2. The van der Waals surface area contributed by atoms with Crippen LogP contribution in [0.3, 0.4) is 0 Å². The summed E-state index contributed by atoms with van der Waals surface area (Å²) in [6.45, 7) is 4.00. The molecule has 1 amide bonds. The monoisotopic (exact) mass is 415 g/mol. The number of nitrogens with zero attached hydrogens (tertiary/aromatic N) is 1. The van der Waals surface area contributed by atoms with Crippen molar-refractivity contribution in [3.05, 3.63) is 51.9 Å². The van der Waals surface area contributed by atoms with Crippen molar-refractivity contribution in [2.24, 2.45) is 0 Å². The Bertz CT molecular complexity index is 959. The number of hydrogen-bond donors (Lipinski definition) is 0. The molecule has 1 saturated heterocycles. The lowest BCUT2D eigenvalue weighted by Crippen LogP contribution is -2.28. The Kier molecular flexibility index (Phi) is 5.96. The zero-order valence-electron chi connectivity index (χ0n) is 16.4. The summed E-state index contributed by atoms with van der Waals surface area (Å²) >= 11 is 6.76. The zero-order chi connectivity index (χ0) is 20.4. The standard InChI is InChI=1S/C21H21NO4S2/c1-12-6-7-15(13(2)8-12)22-20(23)18(28-21(22)27)11-14-9-16(24-3)19(26-5)17(10-14)25-4/h6-11H,1-5H3/b18-11-. The maximum absolute atomic E-state index is 13.1. The van der Waals surface area contributed by atoms with E-state index in [0.717, 1.165) is 22.4 Å². The molecule has 0 unspecified atom stereocenters. The maximum atomic E-state index is 13.1. The number of carbonyl (C=O) groups excluding carboxylic acids is 1. The van der Waals surface area contributed by atoms with Crippen LogP contribution in [0.15, 0.2) is 35.2 Å². The molecular formula is C21H21NO4S2. The third-order valence-electron chi connectivity index (χ3n) is 4.37. The van der Waals surface area contributed by atoms with Crippen LogP contribution in [0.4, 0.5) is 5.69 Å². The van der Waals surface area contributed by atoms with Crippen molar-refractivity contribution >= 4 is 46.0 Å². The summed E-state index contributed by atoms with van der Waals surface area (Å²) in [5.74, 6) is 1.41. The van der Waals surface area contributed by atoms with E-state index in [9.17, 15) is 4.79 Å². The highest BCUT2D eigenvalue weighted by molar-refractivity contribution is 8.27. The average Bonchev–Trinajstić information content (AvgIpc) is 2.94. The molecule has 1 aliphatic heterocycles. The highest BCUT2D eigenvalue weighted by Crippen LogP contribution is 2.41. The molecule has 3 rings (SSSR count). The van der Waals surface area contributed by atoms with E-state index < -0.39 is 0 Å². The van der Waals surface area contributed by atoms with Gasteiger partial charge >= 0.3 is 0 Å². The van der Waals surface area contributed by atoms with Crippen molar-refractivity contribution in [1.29, 1.82) is 0 Å². The van der Waals surface area contributed by atoms with E-state index in [1.54, 1.807) is 44.4 Å². The third kappa shape index (κ3) is 3.72. The Morgan fingerprint density at radius 1 is 1.00 bits per heavy atom. The van der Waals surface area contributed by atoms with Gasteiger partial charge in [-0.3, -0.25) is 9.69 Å². The van der Waals surface area contributed by atoms with E-state index in [0.29, 0.717) is 26.5 Å². The quantitative estimate of drug-likeness (QED) is 0.520. The van der Waals surface area contributed by atoms with Crippen molar-refractivity contribution in [2.75, 3.05) is 26.2 Å². The van der Waals surface area contributed by atoms with E-state index in [1.807, 2.05) is 32.0 Å². The number of thioether (sulfide) groups is 1. The fourth-order valence-electron chi connectivity index (χ4n) is 3.07. The molecule has 0 radical (unpaired) electrons. The fourth-order valence-corrected chi connectivity index (χ4v) is 4.35. The van der Waals surface area contributed by atoms with Crippen LogP contribution in [0.2, 0.25) is 0 Å². The Morgan fingerprint density at radius 2 is 1.64 bits per heavy atom. The first-order valence-corrected chi connectivity index (χ1v) is 9.77. The summed E-state index contributed by atoms with van der Waals surface area (Å²) in [6, 6.07) is 9.54. The van der Waals surface area contributed by atoms with Crippen molar-refractivity contribution in [3.63, 3.8) is 0 Å². The molecule has 1 heterocycles. The smallest absolute Gasteiger partial charge is 0.270 e. The summed E-state index contributed by atoms with van der Waals surface area (Å²) in [6.07, 6.45) is 1.79. The second kappa shape index (κ2) is 8.24. The van der Waals surface area contributed by atoms with Gasteiger partial charge in [-0.25, -0.2) is 0 Å². The first-order valence-electron chi connectivity index (χ1n) is 8.54. The zero-order valence-corrected chi connectivity index (χ0v) is 18.0. The minimum Gasteiger partial charge on any atom is -0.493 e. The minimum absolute atomic E-state index is 0.143. The molecule has 2 aromatic carbocycles. The Balaban J connectivity index is 2.00. The normalized spacial score (nSPS) is 15.3. The SMILES string of the molecule is COc1cc(/C=C2\SC(=S)N(c3ccc(C)cc3C)C2=O)cc(OC)c1OC. The molecule has 2 aromatic rings. The van der Waals surface area contributed by atoms with Gasteiger partial charge in [-0.1, -0.05) is 41.7 Å². The molecule has 0 saturated carbocycles. The van der Waals surface area contributed by atoms with Gasteiger partial charge in [0.05, 0.1) is 31.9 Å². The lowest BCUT2D eigenvalue weighted by Gasteiger charge is -2.17. The molecule has 0 bridgehead atoms. The number of rotatable bonds is 5. The van der Waals surface area contributed by atoms with Gasteiger partial charge < -0.3 is 14.2 Å². The van der Waals surface area contributed by atoms with Crippen LogP contribution in [-0.4, -0.2) is 31.6 Å². The summed E-state index contributed by atoms with van der Waals surface area (Å²) in [5, 5.41) is 0. The first kappa shape index (κ1) is 20.2. The second-order valence-electron chi connectivity index (χ2n) is 6.27. The van der Waals surface area contributed by atoms with Crippen LogP contribution >= 0.6 is 24.0 Å². The largest absolute Gasteiger partial charge is 0.493 e. The van der Waals surface area contributed by atoms with Crippen LogP contribution < -0.4 is 19.1 Å². The van der Waals surface area contributed by atoms with Gasteiger partial charge in [0.1, 0.15) is 0 Å². The van der Waals surface area contributed by atoms with Crippen LogP contribution in [0.25, 0.3) is 6.08 Å². The number of hydrogen-bond acceptors (Lipinski definition) is 6. The average molecular weight is 416 g/mol. The van der Waals surface area contributed by atoms with E-state index in [2.05, 4.69) is 0 Å². The predicted molar refractivity (Wildman–Crippen MR) is 118 cm³/mol. The number of ether oxygens (including phenoxy) is 3. The molecule has 0 spiro atoms. The Labute approximate surface area is 174 Å². The van der Waals surface area contributed by atoms with Crippen molar-refractivity contribution in [1.82, 2.24) is 0 Å². The summed E-state index contributed by atoms with van der Waals surface area (Å²) in [5.41, 5.74) is 3.71. The van der Waals surface area contributed by atoms with E-state index in [4.69, 9.17) is 26.4 Å². The van der Waals surface area contributed by atoms with Gasteiger partial charge in [-0.2, -0.15) is 0 Å². The number of amides is 1. The van der Waals surface area contributed by atoms with Gasteiger partial charge in [0.15, 0.2) is 15.8 Å². The Hall–Kier alpha value is -2.51. The molecule has 146 valence electrons. The lowest BCUT2D eigenvalue weighted by atomic mass is 10.1. The molecule has 0 N–H and O–H groups in total. The topological polar surface area (TPSA) is 48.0 Å². The minimum atomic E-state index is -0.143. The van der Waals surface area contributed by atoms with Gasteiger partial charge in [0.2, 0.25) is 5.75 Å². The van der Waals surface area contributed by atoms with Gasteiger partial charge in [0.25, 0.3) is 5.91 Å².